The summed E-state index contributed by atoms with van der Waals surface area (Å²) in [6, 6.07) is 9.28. The molecule has 25 heavy (non-hydrogen) atoms. The number of rotatable bonds is 4. The number of piperidine rings is 1. The molecule has 1 nitrogen and oxygen atoms in total. The molecule has 1 aliphatic heterocycles. The summed E-state index contributed by atoms with van der Waals surface area (Å²) in [5.41, 5.74) is 5.43. The van der Waals surface area contributed by atoms with Gasteiger partial charge in [-0.15, -0.1) is 0 Å². The Morgan fingerprint density at radius 1 is 1.04 bits per heavy atom. The summed E-state index contributed by atoms with van der Waals surface area (Å²) in [5.74, 6) is 0.735. The summed E-state index contributed by atoms with van der Waals surface area (Å²) in [4.78, 5) is 2.64. The Balaban J connectivity index is 1.86. The van der Waals surface area contributed by atoms with Crippen molar-refractivity contribution in [3.8, 4) is 0 Å². The molecule has 0 atom stereocenters. The van der Waals surface area contributed by atoms with Crippen LogP contribution in [0.2, 0.25) is 0 Å². The molecule has 0 radical (unpaired) electrons. The van der Waals surface area contributed by atoms with Crippen molar-refractivity contribution < 1.29 is 0 Å². The Hall–Kier alpha value is -1.08. The van der Waals surface area contributed by atoms with E-state index in [0.29, 0.717) is 10.8 Å². The average Bonchev–Trinajstić information content (AvgIpc) is 2.53. The molecule has 1 aromatic carbocycles. The molecule has 0 spiro atoms. The Labute approximate surface area is 155 Å². The Kier molecular flexibility index (Phi) is 5.44. The predicted octanol–water partition coefficient (Wildman–Crippen LogP) is 6.51. The van der Waals surface area contributed by atoms with E-state index >= 15 is 0 Å². The fourth-order valence-corrected chi connectivity index (χ4v) is 5.49. The van der Waals surface area contributed by atoms with E-state index in [2.05, 4.69) is 69.9 Å². The topological polar surface area (TPSA) is 3.24 Å². The van der Waals surface area contributed by atoms with Crippen LogP contribution in [-0.2, 0) is 0 Å². The van der Waals surface area contributed by atoms with Crippen LogP contribution in [0.15, 0.2) is 30.3 Å². The zero-order chi connectivity index (χ0) is 18.1. The van der Waals surface area contributed by atoms with Gasteiger partial charge in [0.25, 0.3) is 0 Å². The van der Waals surface area contributed by atoms with Crippen LogP contribution in [0.1, 0.15) is 83.8 Å². The fourth-order valence-electron chi connectivity index (χ4n) is 5.49. The maximum absolute atomic E-state index is 2.64. The van der Waals surface area contributed by atoms with Gasteiger partial charge in [-0.05, 0) is 85.2 Å². The summed E-state index contributed by atoms with van der Waals surface area (Å²) in [5, 5.41) is 0. The molecule has 0 amide bonds. The van der Waals surface area contributed by atoms with Gasteiger partial charge in [-0.25, -0.2) is 0 Å². The van der Waals surface area contributed by atoms with E-state index in [1.807, 2.05) is 0 Å². The van der Waals surface area contributed by atoms with E-state index in [1.54, 1.807) is 11.1 Å². The minimum Gasteiger partial charge on any atom is -0.303 e. The van der Waals surface area contributed by atoms with Crippen LogP contribution in [0.3, 0.4) is 0 Å². The first-order chi connectivity index (χ1) is 11.8. The normalized spacial score (nSPS) is 24.1. The number of nitrogens with zero attached hydrogens (tertiary/aromatic N) is 1. The minimum absolute atomic E-state index is 0.300. The van der Waals surface area contributed by atoms with Gasteiger partial charge in [0, 0.05) is 0 Å². The minimum atomic E-state index is 0.300. The second-order valence-electron chi connectivity index (χ2n) is 9.88. The van der Waals surface area contributed by atoms with Crippen LogP contribution in [0.5, 0.6) is 0 Å². The highest BCUT2D eigenvalue weighted by Crippen LogP contribution is 2.48. The van der Waals surface area contributed by atoms with Gasteiger partial charge in [0.15, 0.2) is 0 Å². The van der Waals surface area contributed by atoms with Crippen LogP contribution in [-0.4, -0.2) is 24.5 Å². The van der Waals surface area contributed by atoms with Crippen molar-refractivity contribution in [2.45, 2.75) is 72.6 Å². The third-order valence-electron chi connectivity index (χ3n) is 6.04. The zero-order valence-corrected chi connectivity index (χ0v) is 17.1. The number of hydrogen-bond donors (Lipinski definition) is 0. The molecule has 1 heteroatoms. The first-order valence-corrected chi connectivity index (χ1v) is 10.3. The molecule has 1 fully saturated rings. The van der Waals surface area contributed by atoms with Crippen LogP contribution >= 0.6 is 0 Å². The van der Waals surface area contributed by atoms with Crippen LogP contribution in [0.25, 0.3) is 5.57 Å². The fraction of sp³-hybridized carbons (Fsp3) is 0.667. The van der Waals surface area contributed by atoms with Gasteiger partial charge in [-0.2, -0.15) is 0 Å². The molecule has 138 valence electrons. The summed E-state index contributed by atoms with van der Waals surface area (Å²) in [6.45, 7) is 15.8. The number of benzene rings is 1. The number of hydrogen-bond acceptors (Lipinski definition) is 1. The maximum Gasteiger partial charge on any atom is -0.00129 e. The second-order valence-corrected chi connectivity index (χ2v) is 9.88. The van der Waals surface area contributed by atoms with Crippen molar-refractivity contribution >= 4 is 5.57 Å². The predicted molar refractivity (Wildman–Crippen MR) is 110 cm³/mol. The standard InChI is InChI=1S/C24H37N/c1-6-13-25-14-11-19(12-15-25)21-9-7-8-10-22(21)20-16-23(2,3)18-24(4,5)17-20/h7-10,16,19H,6,11-15,17-18H2,1-5H3. The molecule has 1 saturated heterocycles. The summed E-state index contributed by atoms with van der Waals surface area (Å²) < 4.78 is 0. The molecule has 0 unspecified atom stereocenters. The SMILES string of the molecule is CCCN1CCC(c2ccccc2C2=CC(C)(C)CC(C)(C)C2)CC1. The van der Waals surface area contributed by atoms with Crippen LogP contribution in [0, 0.1) is 10.8 Å². The Morgan fingerprint density at radius 3 is 2.36 bits per heavy atom. The highest BCUT2D eigenvalue weighted by Gasteiger charge is 2.34. The molecule has 1 aromatic rings. The lowest BCUT2D eigenvalue weighted by atomic mass is 9.65. The zero-order valence-electron chi connectivity index (χ0n) is 17.1. The van der Waals surface area contributed by atoms with E-state index in [9.17, 15) is 0 Å². The molecule has 0 saturated carbocycles. The van der Waals surface area contributed by atoms with Crippen LogP contribution < -0.4 is 0 Å². The van der Waals surface area contributed by atoms with E-state index < -0.39 is 0 Å². The highest BCUT2D eigenvalue weighted by molar-refractivity contribution is 5.71. The van der Waals surface area contributed by atoms with Gasteiger partial charge >= 0.3 is 0 Å². The van der Waals surface area contributed by atoms with Gasteiger partial charge in [0.2, 0.25) is 0 Å². The van der Waals surface area contributed by atoms with Gasteiger partial charge in [0.05, 0.1) is 0 Å². The molecule has 0 bridgehead atoms. The monoisotopic (exact) mass is 339 g/mol. The summed E-state index contributed by atoms with van der Waals surface area (Å²) >= 11 is 0. The Morgan fingerprint density at radius 2 is 1.72 bits per heavy atom. The van der Waals surface area contributed by atoms with E-state index in [1.165, 1.54) is 57.3 Å². The maximum atomic E-state index is 2.64. The van der Waals surface area contributed by atoms with E-state index in [0.717, 1.165) is 5.92 Å². The van der Waals surface area contributed by atoms with Gasteiger partial charge in [-0.1, -0.05) is 65.0 Å². The van der Waals surface area contributed by atoms with E-state index in [4.69, 9.17) is 0 Å². The van der Waals surface area contributed by atoms with Crippen molar-refractivity contribution in [1.29, 1.82) is 0 Å². The first kappa shape index (κ1) is 18.7. The highest BCUT2D eigenvalue weighted by atomic mass is 15.1. The quantitative estimate of drug-likeness (QED) is 0.604. The molecule has 0 aromatic heterocycles. The lowest BCUT2D eigenvalue weighted by molar-refractivity contribution is 0.212. The number of likely N-dealkylation sites (tertiary alicyclic amines) is 1. The molecular weight excluding hydrogens is 302 g/mol. The van der Waals surface area contributed by atoms with Crippen molar-refractivity contribution in [2.75, 3.05) is 19.6 Å². The van der Waals surface area contributed by atoms with Crippen LogP contribution in [0.4, 0.5) is 0 Å². The molecule has 1 aliphatic carbocycles. The molecule has 1 heterocycles. The summed E-state index contributed by atoms with van der Waals surface area (Å²) in [7, 11) is 0. The van der Waals surface area contributed by atoms with Crippen molar-refractivity contribution in [2.24, 2.45) is 10.8 Å². The van der Waals surface area contributed by atoms with E-state index in [-0.39, 0.29) is 0 Å². The third-order valence-corrected chi connectivity index (χ3v) is 6.04. The Bertz CT molecular complexity index is 615. The smallest absolute Gasteiger partial charge is 0.00129 e. The summed E-state index contributed by atoms with van der Waals surface area (Å²) in [6.07, 6.45) is 8.97. The lowest BCUT2D eigenvalue weighted by Crippen LogP contribution is -2.33. The molecule has 0 N–H and O–H groups in total. The van der Waals surface area contributed by atoms with Gasteiger partial charge < -0.3 is 4.90 Å². The first-order valence-electron chi connectivity index (χ1n) is 10.3. The average molecular weight is 340 g/mol. The van der Waals surface area contributed by atoms with Gasteiger partial charge in [-0.3, -0.25) is 0 Å². The molecular formula is C24H37N. The third kappa shape index (κ3) is 4.56. The van der Waals surface area contributed by atoms with Crippen molar-refractivity contribution in [3.63, 3.8) is 0 Å². The lowest BCUT2D eigenvalue weighted by Gasteiger charge is -2.40. The largest absolute Gasteiger partial charge is 0.303 e. The number of allylic oxidation sites excluding steroid dienone is 2. The van der Waals surface area contributed by atoms with Gasteiger partial charge in [0.1, 0.15) is 0 Å². The second kappa shape index (κ2) is 7.27. The molecule has 2 aliphatic rings. The van der Waals surface area contributed by atoms with Crippen molar-refractivity contribution in [1.82, 2.24) is 4.90 Å². The van der Waals surface area contributed by atoms with Crippen molar-refractivity contribution in [3.05, 3.63) is 41.5 Å². The molecule has 3 rings (SSSR count).